The molecule has 0 aromatic heterocycles. The maximum atomic E-state index is 9.84. The van der Waals surface area contributed by atoms with E-state index in [1.165, 1.54) is 6.42 Å². The molecule has 0 aliphatic rings. The first-order valence-corrected chi connectivity index (χ1v) is 5.59. The summed E-state index contributed by atoms with van der Waals surface area (Å²) < 4.78 is 0. The van der Waals surface area contributed by atoms with Crippen molar-refractivity contribution >= 4 is 15.9 Å². The molecule has 0 amide bonds. The summed E-state index contributed by atoms with van der Waals surface area (Å²) in [4.78, 5) is 0. The Kier molecular flexibility index (Phi) is 6.25. The van der Waals surface area contributed by atoms with Gasteiger partial charge in [0.05, 0.1) is 5.60 Å². The van der Waals surface area contributed by atoms with Crippen molar-refractivity contribution in [1.82, 2.24) is 0 Å². The molecule has 68 valence electrons. The molecular formula is C9H19BrO. The molecule has 0 fully saturated rings. The quantitative estimate of drug-likeness (QED) is 0.541. The second-order valence-electron chi connectivity index (χ2n) is 3.08. The molecule has 0 aliphatic carbocycles. The SMILES string of the molecule is CCC(O)(CC)CCCCBr. The maximum absolute atomic E-state index is 9.84. The highest BCUT2D eigenvalue weighted by Gasteiger charge is 2.20. The Morgan fingerprint density at radius 3 is 2.09 bits per heavy atom. The van der Waals surface area contributed by atoms with Crippen molar-refractivity contribution in [2.24, 2.45) is 0 Å². The van der Waals surface area contributed by atoms with E-state index in [9.17, 15) is 5.11 Å². The minimum Gasteiger partial charge on any atom is -0.390 e. The normalized spacial score (nSPS) is 12.0. The molecule has 0 rings (SSSR count). The summed E-state index contributed by atoms with van der Waals surface area (Å²) in [5.74, 6) is 0. The van der Waals surface area contributed by atoms with Crippen LogP contribution in [0.5, 0.6) is 0 Å². The molecule has 0 heterocycles. The zero-order valence-corrected chi connectivity index (χ0v) is 9.15. The van der Waals surface area contributed by atoms with Crippen molar-refractivity contribution in [3.8, 4) is 0 Å². The van der Waals surface area contributed by atoms with Crippen molar-refractivity contribution in [3.63, 3.8) is 0 Å². The summed E-state index contributed by atoms with van der Waals surface area (Å²) >= 11 is 3.38. The zero-order chi connectivity index (χ0) is 8.74. The van der Waals surface area contributed by atoms with Gasteiger partial charge < -0.3 is 5.11 Å². The third kappa shape index (κ3) is 4.81. The van der Waals surface area contributed by atoms with E-state index in [-0.39, 0.29) is 5.60 Å². The molecule has 0 saturated heterocycles. The van der Waals surface area contributed by atoms with E-state index < -0.39 is 0 Å². The summed E-state index contributed by atoms with van der Waals surface area (Å²) in [7, 11) is 0. The van der Waals surface area contributed by atoms with Gasteiger partial charge in [-0.05, 0) is 32.1 Å². The molecule has 0 aliphatic heterocycles. The highest BCUT2D eigenvalue weighted by atomic mass is 79.9. The van der Waals surface area contributed by atoms with Gasteiger partial charge in [-0.25, -0.2) is 0 Å². The molecule has 0 aromatic carbocycles. The van der Waals surface area contributed by atoms with Crippen LogP contribution in [-0.4, -0.2) is 16.0 Å². The molecular weight excluding hydrogens is 204 g/mol. The Morgan fingerprint density at radius 2 is 1.73 bits per heavy atom. The Bertz CT molecular complexity index is 89.6. The first-order valence-electron chi connectivity index (χ1n) is 4.47. The van der Waals surface area contributed by atoms with E-state index in [2.05, 4.69) is 29.8 Å². The predicted octanol–water partition coefficient (Wildman–Crippen LogP) is 3.10. The zero-order valence-electron chi connectivity index (χ0n) is 7.57. The average Bonchev–Trinajstić information content (AvgIpc) is 2.05. The topological polar surface area (TPSA) is 20.2 Å². The molecule has 2 heteroatoms. The molecule has 11 heavy (non-hydrogen) atoms. The molecule has 0 aromatic rings. The Morgan fingerprint density at radius 1 is 1.18 bits per heavy atom. The smallest absolute Gasteiger partial charge is 0.0642 e. The molecule has 0 radical (unpaired) electrons. The second kappa shape index (κ2) is 6.01. The third-order valence-corrected chi connectivity index (χ3v) is 2.90. The van der Waals surface area contributed by atoms with Gasteiger partial charge in [0.2, 0.25) is 0 Å². The van der Waals surface area contributed by atoms with E-state index in [1.54, 1.807) is 0 Å². The van der Waals surface area contributed by atoms with Crippen LogP contribution < -0.4 is 0 Å². The van der Waals surface area contributed by atoms with E-state index >= 15 is 0 Å². The number of hydrogen-bond acceptors (Lipinski definition) is 1. The highest BCUT2D eigenvalue weighted by molar-refractivity contribution is 9.09. The maximum Gasteiger partial charge on any atom is 0.0642 e. The van der Waals surface area contributed by atoms with Gasteiger partial charge in [-0.15, -0.1) is 0 Å². The lowest BCUT2D eigenvalue weighted by atomic mass is 9.91. The fraction of sp³-hybridized carbons (Fsp3) is 1.00. The van der Waals surface area contributed by atoms with Crippen LogP contribution in [0.4, 0.5) is 0 Å². The number of halogens is 1. The van der Waals surface area contributed by atoms with Crippen molar-refractivity contribution in [2.45, 2.75) is 51.6 Å². The van der Waals surface area contributed by atoms with Gasteiger partial charge in [-0.2, -0.15) is 0 Å². The molecule has 0 atom stereocenters. The monoisotopic (exact) mass is 222 g/mol. The Hall–Kier alpha value is 0.440. The van der Waals surface area contributed by atoms with Crippen LogP contribution in [0.15, 0.2) is 0 Å². The van der Waals surface area contributed by atoms with Crippen LogP contribution in [0.25, 0.3) is 0 Å². The average molecular weight is 223 g/mol. The summed E-state index contributed by atoms with van der Waals surface area (Å²) in [6.07, 6.45) is 5.01. The molecule has 0 spiro atoms. The van der Waals surface area contributed by atoms with Gasteiger partial charge in [0.1, 0.15) is 0 Å². The summed E-state index contributed by atoms with van der Waals surface area (Å²) in [5.41, 5.74) is -0.387. The Labute approximate surface area is 78.3 Å². The highest BCUT2D eigenvalue weighted by Crippen LogP contribution is 2.21. The lowest BCUT2D eigenvalue weighted by Gasteiger charge is -2.24. The Balaban J connectivity index is 3.51. The van der Waals surface area contributed by atoms with Crippen LogP contribution in [0.3, 0.4) is 0 Å². The van der Waals surface area contributed by atoms with Crippen molar-refractivity contribution in [1.29, 1.82) is 0 Å². The van der Waals surface area contributed by atoms with Crippen LogP contribution in [-0.2, 0) is 0 Å². The van der Waals surface area contributed by atoms with Gasteiger partial charge >= 0.3 is 0 Å². The molecule has 0 saturated carbocycles. The van der Waals surface area contributed by atoms with Crippen molar-refractivity contribution in [2.75, 3.05) is 5.33 Å². The predicted molar refractivity (Wildman–Crippen MR) is 53.2 cm³/mol. The summed E-state index contributed by atoms with van der Waals surface area (Å²) in [6, 6.07) is 0. The van der Waals surface area contributed by atoms with Gasteiger partial charge in [0.15, 0.2) is 0 Å². The van der Waals surface area contributed by atoms with E-state index in [0.717, 1.165) is 31.0 Å². The number of rotatable bonds is 6. The second-order valence-corrected chi connectivity index (χ2v) is 3.87. The molecule has 0 bridgehead atoms. The fourth-order valence-electron chi connectivity index (χ4n) is 1.15. The van der Waals surface area contributed by atoms with E-state index in [1.807, 2.05) is 0 Å². The van der Waals surface area contributed by atoms with Crippen LogP contribution >= 0.6 is 15.9 Å². The van der Waals surface area contributed by atoms with Gasteiger partial charge in [0, 0.05) is 5.33 Å². The summed E-state index contributed by atoms with van der Waals surface area (Å²) in [5, 5.41) is 10.9. The van der Waals surface area contributed by atoms with Crippen LogP contribution in [0.1, 0.15) is 46.0 Å². The molecule has 0 unspecified atom stereocenters. The number of hydrogen-bond donors (Lipinski definition) is 1. The van der Waals surface area contributed by atoms with Crippen LogP contribution in [0.2, 0.25) is 0 Å². The van der Waals surface area contributed by atoms with E-state index in [4.69, 9.17) is 0 Å². The lowest BCUT2D eigenvalue weighted by Crippen LogP contribution is -2.26. The van der Waals surface area contributed by atoms with E-state index in [0.29, 0.717) is 0 Å². The summed E-state index contributed by atoms with van der Waals surface area (Å²) in [6.45, 7) is 4.11. The minimum absolute atomic E-state index is 0.387. The number of unbranched alkanes of at least 4 members (excludes halogenated alkanes) is 1. The van der Waals surface area contributed by atoms with Gasteiger partial charge in [-0.3, -0.25) is 0 Å². The number of alkyl halides is 1. The first-order chi connectivity index (χ1) is 5.18. The van der Waals surface area contributed by atoms with Crippen molar-refractivity contribution in [3.05, 3.63) is 0 Å². The lowest BCUT2D eigenvalue weighted by molar-refractivity contribution is 0.0217. The third-order valence-electron chi connectivity index (χ3n) is 2.34. The van der Waals surface area contributed by atoms with Gasteiger partial charge in [-0.1, -0.05) is 29.8 Å². The van der Waals surface area contributed by atoms with Gasteiger partial charge in [0.25, 0.3) is 0 Å². The molecule has 1 N–H and O–H groups in total. The fourth-order valence-corrected chi connectivity index (χ4v) is 1.55. The first kappa shape index (κ1) is 11.4. The minimum atomic E-state index is -0.387. The number of aliphatic hydroxyl groups is 1. The standard InChI is InChI=1S/C9H19BrO/c1-3-9(11,4-2)7-5-6-8-10/h11H,3-8H2,1-2H3. The molecule has 1 nitrogen and oxygen atoms in total. The van der Waals surface area contributed by atoms with Crippen molar-refractivity contribution < 1.29 is 5.11 Å². The largest absolute Gasteiger partial charge is 0.390 e. The van der Waals surface area contributed by atoms with Crippen LogP contribution in [0, 0.1) is 0 Å².